The lowest BCUT2D eigenvalue weighted by Gasteiger charge is -2.28. The Morgan fingerprint density at radius 3 is 2.09 bits per heavy atom. The zero-order valence-corrected chi connectivity index (χ0v) is 12.7. The summed E-state index contributed by atoms with van der Waals surface area (Å²) in [5, 5.41) is 0. The summed E-state index contributed by atoms with van der Waals surface area (Å²) in [6.45, 7) is 3.00. The van der Waals surface area contributed by atoms with Gasteiger partial charge in [0.15, 0.2) is 0 Å². The van der Waals surface area contributed by atoms with Crippen LogP contribution in [0.25, 0.3) is 0 Å². The number of hydrogen-bond donors (Lipinski definition) is 0. The highest BCUT2D eigenvalue weighted by Crippen LogP contribution is 2.37. The van der Waals surface area contributed by atoms with Crippen LogP contribution in [0.3, 0.4) is 0 Å². The average molecular weight is 314 g/mol. The predicted molar refractivity (Wildman–Crippen MR) is 75.4 cm³/mol. The monoisotopic (exact) mass is 314 g/mol. The normalized spacial score (nSPS) is 12.9. The Hall–Kier alpha value is -2.16. The standard InChI is InChI=1S/C16H17F3O3/c1-15(2,14(20)22-4)13(9-10-16(17,18)19)11-5-7-12(21-3)8-6-11/h5-8,13H,1-4H3. The minimum Gasteiger partial charge on any atom is -0.497 e. The maximum atomic E-state index is 12.4. The molecule has 0 aliphatic heterocycles. The number of esters is 1. The quantitative estimate of drug-likeness (QED) is 0.630. The Morgan fingerprint density at radius 2 is 1.68 bits per heavy atom. The minimum atomic E-state index is -4.63. The predicted octanol–water partition coefficient (Wildman–Crippen LogP) is 3.54. The third kappa shape index (κ3) is 4.42. The average Bonchev–Trinajstić information content (AvgIpc) is 2.45. The maximum Gasteiger partial charge on any atom is 0.457 e. The van der Waals surface area contributed by atoms with E-state index in [0.717, 1.165) is 0 Å². The molecule has 6 heteroatoms. The Balaban J connectivity index is 3.31. The molecule has 0 spiro atoms. The second-order valence-electron chi connectivity index (χ2n) is 5.19. The highest BCUT2D eigenvalue weighted by atomic mass is 19.4. The molecule has 1 aromatic rings. The molecule has 120 valence electrons. The van der Waals surface area contributed by atoms with Gasteiger partial charge in [0.25, 0.3) is 0 Å². The van der Waals surface area contributed by atoms with Crippen molar-refractivity contribution >= 4 is 5.97 Å². The largest absolute Gasteiger partial charge is 0.497 e. The molecule has 0 aromatic heterocycles. The first-order valence-corrected chi connectivity index (χ1v) is 6.43. The van der Waals surface area contributed by atoms with Crippen LogP contribution in [0.5, 0.6) is 5.75 Å². The van der Waals surface area contributed by atoms with E-state index in [4.69, 9.17) is 4.74 Å². The zero-order chi connectivity index (χ0) is 17.0. The van der Waals surface area contributed by atoms with Crippen molar-refractivity contribution in [2.24, 2.45) is 5.41 Å². The number of halogens is 3. The highest BCUT2D eigenvalue weighted by Gasteiger charge is 2.39. The van der Waals surface area contributed by atoms with Crippen LogP contribution in [0.2, 0.25) is 0 Å². The first-order chi connectivity index (χ1) is 10.1. The van der Waals surface area contributed by atoms with Crippen LogP contribution >= 0.6 is 0 Å². The van der Waals surface area contributed by atoms with Crippen LogP contribution in [0.1, 0.15) is 25.3 Å². The van der Waals surface area contributed by atoms with Crippen LogP contribution in [-0.2, 0) is 9.53 Å². The number of hydrogen-bond acceptors (Lipinski definition) is 3. The molecule has 1 atom stereocenters. The molecule has 0 N–H and O–H groups in total. The highest BCUT2D eigenvalue weighted by molar-refractivity contribution is 5.78. The van der Waals surface area contributed by atoms with Gasteiger partial charge in [-0.05, 0) is 31.5 Å². The summed E-state index contributed by atoms with van der Waals surface area (Å²) >= 11 is 0. The fraction of sp³-hybridized carbons (Fsp3) is 0.438. The van der Waals surface area contributed by atoms with Gasteiger partial charge in [-0.3, -0.25) is 4.79 Å². The van der Waals surface area contributed by atoms with Crippen LogP contribution in [0.15, 0.2) is 24.3 Å². The summed E-state index contributed by atoms with van der Waals surface area (Å²) in [6.07, 6.45) is -4.63. The lowest BCUT2D eigenvalue weighted by molar-refractivity contribution is -0.151. The molecular formula is C16H17F3O3. The number of carbonyl (C=O) groups excluding carboxylic acids is 1. The van der Waals surface area contributed by atoms with Crippen LogP contribution in [0.4, 0.5) is 13.2 Å². The van der Waals surface area contributed by atoms with E-state index in [1.54, 1.807) is 24.3 Å². The van der Waals surface area contributed by atoms with Crippen molar-refractivity contribution < 1.29 is 27.4 Å². The van der Waals surface area contributed by atoms with Crippen molar-refractivity contribution in [1.29, 1.82) is 0 Å². The molecule has 0 saturated heterocycles. The van der Waals surface area contributed by atoms with Crippen LogP contribution < -0.4 is 4.74 Å². The molecular weight excluding hydrogens is 297 g/mol. The summed E-state index contributed by atoms with van der Waals surface area (Å²) < 4.78 is 46.9. The summed E-state index contributed by atoms with van der Waals surface area (Å²) in [7, 11) is 2.67. The molecule has 1 rings (SSSR count). The Morgan fingerprint density at radius 1 is 1.14 bits per heavy atom. The molecule has 0 bridgehead atoms. The molecule has 22 heavy (non-hydrogen) atoms. The van der Waals surface area contributed by atoms with E-state index >= 15 is 0 Å². The molecule has 0 heterocycles. The smallest absolute Gasteiger partial charge is 0.457 e. The van der Waals surface area contributed by atoms with E-state index in [-0.39, 0.29) is 0 Å². The van der Waals surface area contributed by atoms with Crippen molar-refractivity contribution in [2.75, 3.05) is 14.2 Å². The molecule has 0 saturated carbocycles. The van der Waals surface area contributed by atoms with Gasteiger partial charge in [0.2, 0.25) is 0 Å². The van der Waals surface area contributed by atoms with Crippen LogP contribution in [0, 0.1) is 17.3 Å². The van der Waals surface area contributed by atoms with Crippen molar-refractivity contribution in [3.63, 3.8) is 0 Å². The van der Waals surface area contributed by atoms with Gasteiger partial charge in [-0.15, -0.1) is 0 Å². The van der Waals surface area contributed by atoms with Crippen molar-refractivity contribution in [3.8, 4) is 17.6 Å². The molecule has 1 aromatic carbocycles. The first kappa shape index (κ1) is 17.9. The summed E-state index contributed by atoms with van der Waals surface area (Å²) in [5.74, 6) is 2.36. The van der Waals surface area contributed by atoms with Crippen molar-refractivity contribution in [3.05, 3.63) is 29.8 Å². The number of ether oxygens (including phenoxy) is 2. The summed E-state index contributed by atoms with van der Waals surface area (Å²) in [4.78, 5) is 11.9. The number of benzene rings is 1. The maximum absolute atomic E-state index is 12.4. The number of carbonyl (C=O) groups is 1. The zero-order valence-electron chi connectivity index (χ0n) is 12.7. The topological polar surface area (TPSA) is 35.5 Å². The van der Waals surface area contributed by atoms with Crippen LogP contribution in [-0.4, -0.2) is 26.4 Å². The van der Waals surface area contributed by atoms with Gasteiger partial charge in [0.05, 0.1) is 25.6 Å². The van der Waals surface area contributed by atoms with Crippen molar-refractivity contribution in [1.82, 2.24) is 0 Å². The van der Waals surface area contributed by atoms with E-state index in [0.29, 0.717) is 11.3 Å². The lowest BCUT2D eigenvalue weighted by Crippen LogP contribution is -2.32. The fourth-order valence-corrected chi connectivity index (χ4v) is 2.01. The van der Waals surface area contributed by atoms with Gasteiger partial charge in [0.1, 0.15) is 5.75 Å². The van der Waals surface area contributed by atoms with E-state index in [2.05, 4.69) is 10.7 Å². The molecule has 0 amide bonds. The fourth-order valence-electron chi connectivity index (χ4n) is 2.01. The van der Waals surface area contributed by atoms with Gasteiger partial charge >= 0.3 is 12.1 Å². The Labute approximate surface area is 127 Å². The first-order valence-electron chi connectivity index (χ1n) is 6.43. The molecule has 1 unspecified atom stereocenters. The minimum absolute atomic E-state index is 0.480. The summed E-state index contributed by atoms with van der Waals surface area (Å²) in [5.41, 5.74) is -0.755. The molecule has 0 fully saturated rings. The third-order valence-electron chi connectivity index (χ3n) is 3.24. The van der Waals surface area contributed by atoms with E-state index in [9.17, 15) is 18.0 Å². The molecule has 3 nitrogen and oxygen atoms in total. The van der Waals surface area contributed by atoms with E-state index in [1.165, 1.54) is 34.0 Å². The van der Waals surface area contributed by atoms with E-state index in [1.807, 2.05) is 0 Å². The van der Waals surface area contributed by atoms with Gasteiger partial charge in [-0.2, -0.15) is 13.2 Å². The molecule has 0 radical (unpaired) electrons. The van der Waals surface area contributed by atoms with Gasteiger partial charge in [-0.1, -0.05) is 18.1 Å². The van der Waals surface area contributed by atoms with Gasteiger partial charge < -0.3 is 9.47 Å². The van der Waals surface area contributed by atoms with Crippen molar-refractivity contribution in [2.45, 2.75) is 25.9 Å². The van der Waals surface area contributed by atoms with Gasteiger partial charge in [0, 0.05) is 5.92 Å². The van der Waals surface area contributed by atoms with E-state index < -0.39 is 23.5 Å². The SMILES string of the molecule is COC(=O)C(C)(C)C(C#CC(F)(F)F)c1ccc(OC)cc1. The second kappa shape index (κ2) is 6.73. The molecule has 0 aliphatic rings. The number of alkyl halides is 3. The number of rotatable bonds is 4. The molecule has 0 aliphatic carbocycles. The van der Waals surface area contributed by atoms with Gasteiger partial charge in [-0.25, -0.2) is 0 Å². The number of methoxy groups -OCH3 is 2. The Kier molecular flexibility index (Phi) is 5.48. The summed E-state index contributed by atoms with van der Waals surface area (Å²) in [6, 6.07) is 6.37. The Bertz CT molecular complexity index is 577. The lowest BCUT2D eigenvalue weighted by atomic mass is 9.75. The third-order valence-corrected chi connectivity index (χ3v) is 3.24. The second-order valence-corrected chi connectivity index (χ2v) is 5.19.